The van der Waals surface area contributed by atoms with Crippen LogP contribution in [0, 0.1) is 16.2 Å². The van der Waals surface area contributed by atoms with Crippen molar-refractivity contribution in [2.75, 3.05) is 6.54 Å². The predicted octanol–water partition coefficient (Wildman–Crippen LogP) is 5.02. The maximum atomic E-state index is 11.5. The fourth-order valence-corrected chi connectivity index (χ4v) is 2.82. The number of nitro benzene ring substituents is 1. The number of nitro groups is 1. The van der Waals surface area contributed by atoms with E-state index in [0.29, 0.717) is 23.6 Å². The summed E-state index contributed by atoms with van der Waals surface area (Å²) >= 11 is 0. The second kappa shape index (κ2) is 11.5. The van der Waals surface area contributed by atoms with E-state index in [1.807, 2.05) is 44.2 Å². The van der Waals surface area contributed by atoms with E-state index >= 15 is 0 Å². The Balaban J connectivity index is 0.000000523. The van der Waals surface area contributed by atoms with Crippen LogP contribution in [0.4, 0.5) is 5.69 Å². The van der Waals surface area contributed by atoms with Gasteiger partial charge in [0.2, 0.25) is 0 Å². The average molecular weight is 603 g/mol. The van der Waals surface area contributed by atoms with Crippen LogP contribution < -0.4 is 0 Å². The van der Waals surface area contributed by atoms with Gasteiger partial charge >= 0.3 is 5.78 Å². The number of benzene rings is 2. The molecule has 7 nitrogen and oxygen atoms in total. The summed E-state index contributed by atoms with van der Waals surface area (Å²) in [6, 6.07) is 15.5. The second-order valence-electron chi connectivity index (χ2n) is 7.49. The van der Waals surface area contributed by atoms with Gasteiger partial charge in [0, 0.05) is 38.0 Å². The summed E-state index contributed by atoms with van der Waals surface area (Å²) < 4.78 is 5.84. The molecule has 0 saturated carbocycles. The van der Waals surface area contributed by atoms with E-state index in [1.54, 1.807) is 6.07 Å². The van der Waals surface area contributed by atoms with E-state index in [4.69, 9.17) is 14.6 Å². The summed E-state index contributed by atoms with van der Waals surface area (Å²) in [7, 11) is 0. The van der Waals surface area contributed by atoms with E-state index in [0.717, 1.165) is 12.0 Å². The van der Waals surface area contributed by atoms with Crippen LogP contribution in [0.15, 0.2) is 59.3 Å². The van der Waals surface area contributed by atoms with E-state index in [2.05, 4.69) is 11.1 Å². The van der Waals surface area contributed by atoms with Gasteiger partial charge in [-0.25, -0.2) is 0 Å². The zero-order chi connectivity index (χ0) is 22.3. The normalized spacial score (nSPS) is 14.7. The minimum absolute atomic E-state index is 0. The third kappa shape index (κ3) is 8.07. The van der Waals surface area contributed by atoms with E-state index in [-0.39, 0.29) is 47.9 Å². The number of ketones is 1. The molecule has 0 spiro atoms. The zero-order valence-electron chi connectivity index (χ0n) is 17.9. The number of hydrogen-bond acceptors (Lipinski definition) is 5. The molecule has 0 atom stereocenters. The van der Waals surface area contributed by atoms with Gasteiger partial charge in [-0.2, -0.15) is 0 Å². The van der Waals surface area contributed by atoms with Crippen LogP contribution in [-0.2, 0) is 24.8 Å². The van der Waals surface area contributed by atoms with Crippen molar-refractivity contribution in [1.29, 1.82) is 0 Å². The van der Waals surface area contributed by atoms with Crippen LogP contribution in [0.1, 0.15) is 39.7 Å². The number of rotatable bonds is 4. The molecule has 0 unspecified atom stereocenters. The van der Waals surface area contributed by atoms with Crippen LogP contribution in [0.3, 0.4) is 0 Å². The number of ether oxygens (including phenoxy) is 1. The van der Waals surface area contributed by atoms with Gasteiger partial charge in [0.1, 0.15) is 5.90 Å². The fourth-order valence-electron chi connectivity index (χ4n) is 2.82. The van der Waals surface area contributed by atoms with Crippen molar-refractivity contribution in [2.45, 2.75) is 39.7 Å². The molecule has 167 valence electrons. The average Bonchev–Trinajstić information content (AvgIpc) is 2.67. The van der Waals surface area contributed by atoms with E-state index in [1.165, 1.54) is 26.0 Å². The third-order valence-corrected chi connectivity index (χ3v) is 4.20. The van der Waals surface area contributed by atoms with Gasteiger partial charge in [0.05, 0.1) is 24.4 Å². The molecule has 0 saturated heterocycles. The van der Waals surface area contributed by atoms with Crippen LogP contribution in [0.25, 0.3) is 11.1 Å². The summed E-state index contributed by atoms with van der Waals surface area (Å²) in [6.07, 6.45) is 2.10. The monoisotopic (exact) mass is 603 g/mol. The van der Waals surface area contributed by atoms with Gasteiger partial charge in [-0.05, 0) is 26.3 Å². The van der Waals surface area contributed by atoms with Gasteiger partial charge in [-0.3, -0.25) is 19.9 Å². The Bertz CT molecular complexity index is 981. The molecule has 0 aliphatic carbocycles. The Kier molecular flexibility index (Phi) is 9.75. The van der Waals surface area contributed by atoms with Gasteiger partial charge < -0.3 is 9.84 Å². The number of nitrogens with zero attached hydrogens (tertiary/aromatic N) is 2. The molecule has 1 aliphatic heterocycles. The standard InChI is InChI=1S/C18H17N2O3.C5H8O2.Ir/c1-18(2)10-11-19-17(23-18)14-8-9-15(16(12-14)20(21)22)13-6-4-3-5-7-13;1-4(6)3-5(2)7;/h3-7,9,12H,10-11H2,1-2H3;3,6H,1-2H3;/q-1;;/p+1/b;4-3-;. The van der Waals surface area contributed by atoms with Gasteiger partial charge in [-0.15, -0.1) is 12.1 Å². The van der Waals surface area contributed by atoms with E-state index < -0.39 is 0 Å². The molecule has 0 aromatic heterocycles. The summed E-state index contributed by atoms with van der Waals surface area (Å²) in [6.45, 7) is 7.60. The fraction of sp³-hybridized carbons (Fsp3) is 0.304. The topological polar surface area (TPSA) is 106 Å². The third-order valence-electron chi connectivity index (χ3n) is 4.20. The smallest absolute Gasteiger partial charge is 0.316 e. The van der Waals surface area contributed by atoms with Crippen molar-refractivity contribution in [3.8, 4) is 11.1 Å². The summed E-state index contributed by atoms with van der Waals surface area (Å²) in [5, 5.41) is 19.9. The molecule has 2 aromatic rings. The number of aliphatic hydroxyl groups is 1. The molecule has 1 heterocycles. The summed E-state index contributed by atoms with van der Waals surface area (Å²) in [5.74, 6) is 0.670. The Labute approximate surface area is 195 Å². The number of carbonyl (C=O) groups excluding carboxylic acids is 1. The Hall–Kier alpha value is -2.83. The molecule has 0 fully saturated rings. The summed E-state index contributed by atoms with van der Waals surface area (Å²) in [4.78, 5) is 23.8. The van der Waals surface area contributed by atoms with E-state index in [9.17, 15) is 10.1 Å². The SMILES string of the molecule is CC(=[OH+])/C=C(/C)O.CC1(C)CCN=C(c2[c-]cc(-c3ccccc3)c([N+](=O)[O-])c2)O1.[Ir]. The Morgan fingerprint density at radius 3 is 2.45 bits per heavy atom. The van der Waals surface area contributed by atoms with Gasteiger partial charge in [-0.1, -0.05) is 47.5 Å². The first-order valence-electron chi connectivity index (χ1n) is 9.48. The van der Waals surface area contributed by atoms with Gasteiger partial charge in [0.25, 0.3) is 0 Å². The van der Waals surface area contributed by atoms with Crippen molar-refractivity contribution < 1.29 is 39.7 Å². The molecular weight excluding hydrogens is 576 g/mol. The number of allylic oxidation sites excluding steroid dienone is 2. The van der Waals surface area contributed by atoms with Gasteiger partial charge in [0.15, 0.2) is 5.69 Å². The molecule has 8 heteroatoms. The van der Waals surface area contributed by atoms with Crippen LogP contribution >= 0.6 is 0 Å². The first-order chi connectivity index (χ1) is 14.1. The van der Waals surface area contributed by atoms with Crippen molar-refractivity contribution in [3.63, 3.8) is 0 Å². The maximum absolute atomic E-state index is 11.5. The molecule has 0 amide bonds. The summed E-state index contributed by atoms with van der Waals surface area (Å²) in [5.41, 5.74) is 1.55. The molecule has 1 radical (unpaired) electrons. The maximum Gasteiger partial charge on any atom is 0.316 e. The first-order valence-corrected chi connectivity index (χ1v) is 9.48. The zero-order valence-corrected chi connectivity index (χ0v) is 20.3. The van der Waals surface area contributed by atoms with Crippen molar-refractivity contribution >= 4 is 17.4 Å². The number of aliphatic imine (C=N–C) groups is 1. The minimum Gasteiger partial charge on any atom is -0.514 e. The number of aliphatic hydroxyl groups excluding tert-OH is 1. The minimum atomic E-state index is -0.381. The Morgan fingerprint density at radius 2 is 1.97 bits per heavy atom. The van der Waals surface area contributed by atoms with Crippen LogP contribution in [-0.4, -0.2) is 38.7 Å². The van der Waals surface area contributed by atoms with Crippen LogP contribution in [0.2, 0.25) is 0 Å². The molecule has 1 aliphatic rings. The van der Waals surface area contributed by atoms with Crippen LogP contribution in [0.5, 0.6) is 0 Å². The van der Waals surface area contributed by atoms with Crippen molar-refractivity contribution in [3.05, 3.63) is 76.0 Å². The molecule has 0 bridgehead atoms. The van der Waals surface area contributed by atoms with Crippen molar-refractivity contribution in [2.24, 2.45) is 4.99 Å². The Morgan fingerprint density at radius 1 is 1.32 bits per heavy atom. The number of hydrogen-bond donors (Lipinski definition) is 1. The second-order valence-corrected chi connectivity index (χ2v) is 7.49. The van der Waals surface area contributed by atoms with Crippen molar-refractivity contribution in [1.82, 2.24) is 0 Å². The quantitative estimate of drug-likeness (QED) is 0.133. The largest absolute Gasteiger partial charge is 0.514 e. The molecule has 2 N–H and O–H groups in total. The predicted molar refractivity (Wildman–Crippen MR) is 118 cm³/mol. The molecule has 31 heavy (non-hydrogen) atoms. The molecule has 3 rings (SSSR count). The molecular formula is C23H26IrN2O5. The first kappa shape index (κ1) is 26.2. The molecule has 2 aromatic carbocycles.